The first-order chi connectivity index (χ1) is 15.6. The van der Waals surface area contributed by atoms with Gasteiger partial charge in [-0.3, -0.25) is 9.36 Å². The molecule has 0 atom stereocenters. The summed E-state index contributed by atoms with van der Waals surface area (Å²) in [5.41, 5.74) is 2.30. The number of amides is 1. The highest BCUT2D eigenvalue weighted by atomic mass is 32.2. The van der Waals surface area contributed by atoms with E-state index in [0.717, 1.165) is 21.4 Å². The van der Waals surface area contributed by atoms with Crippen LogP contribution in [0, 0.1) is 0 Å². The van der Waals surface area contributed by atoms with Crippen molar-refractivity contribution < 1.29 is 4.79 Å². The maximum Gasteiger partial charge on any atom is 0.233 e. The van der Waals surface area contributed by atoms with E-state index in [9.17, 15) is 4.79 Å². The fourth-order valence-electron chi connectivity index (χ4n) is 3.44. The number of thiophene rings is 1. The molecule has 0 radical (unpaired) electrons. The third-order valence-electron chi connectivity index (χ3n) is 5.11. The maximum atomic E-state index is 13.1. The van der Waals surface area contributed by atoms with Crippen molar-refractivity contribution in [1.29, 1.82) is 0 Å². The standard InChI is InChI=1S/C25H26N4OS2/c1-19(2)28(16-20-10-5-3-6-11-20)23(30)18-32-25-27-26-24(22-14-9-15-31-22)29(25)17-21-12-7-4-8-13-21/h3-15,19H,16-18H2,1-2H3. The van der Waals surface area contributed by atoms with Gasteiger partial charge >= 0.3 is 0 Å². The zero-order chi connectivity index (χ0) is 22.3. The van der Waals surface area contributed by atoms with E-state index in [1.807, 2.05) is 52.7 Å². The van der Waals surface area contributed by atoms with Gasteiger partial charge in [-0.1, -0.05) is 78.5 Å². The number of carbonyl (C=O) groups excluding carboxylic acids is 1. The number of hydrogen-bond acceptors (Lipinski definition) is 5. The Morgan fingerprint density at radius 3 is 2.28 bits per heavy atom. The molecule has 0 unspecified atom stereocenters. The van der Waals surface area contributed by atoms with Crippen molar-refractivity contribution in [3.63, 3.8) is 0 Å². The van der Waals surface area contributed by atoms with Gasteiger partial charge in [0.15, 0.2) is 11.0 Å². The van der Waals surface area contributed by atoms with Gasteiger partial charge in [-0.2, -0.15) is 0 Å². The molecule has 2 aromatic heterocycles. The van der Waals surface area contributed by atoms with Crippen molar-refractivity contribution in [3.05, 3.63) is 89.3 Å². The van der Waals surface area contributed by atoms with E-state index in [1.54, 1.807) is 11.3 Å². The summed E-state index contributed by atoms with van der Waals surface area (Å²) in [5.74, 6) is 1.26. The Morgan fingerprint density at radius 2 is 1.66 bits per heavy atom. The molecule has 5 nitrogen and oxygen atoms in total. The molecule has 7 heteroatoms. The zero-order valence-corrected chi connectivity index (χ0v) is 19.9. The zero-order valence-electron chi connectivity index (χ0n) is 18.2. The molecule has 2 aromatic carbocycles. The van der Waals surface area contributed by atoms with Gasteiger partial charge in [-0.15, -0.1) is 21.5 Å². The average Bonchev–Trinajstić information content (AvgIpc) is 3.47. The summed E-state index contributed by atoms with van der Waals surface area (Å²) in [6.45, 7) is 5.38. The second kappa shape index (κ2) is 10.6. The number of rotatable bonds is 9. The van der Waals surface area contributed by atoms with Crippen LogP contribution >= 0.6 is 23.1 Å². The van der Waals surface area contributed by atoms with E-state index in [0.29, 0.717) is 18.8 Å². The molecule has 0 bridgehead atoms. The number of nitrogens with zero attached hydrogens (tertiary/aromatic N) is 4. The number of carbonyl (C=O) groups is 1. The van der Waals surface area contributed by atoms with Gasteiger partial charge in [0, 0.05) is 12.6 Å². The quantitative estimate of drug-likeness (QED) is 0.305. The summed E-state index contributed by atoms with van der Waals surface area (Å²) in [5, 5.41) is 11.7. The van der Waals surface area contributed by atoms with Crippen LogP contribution < -0.4 is 0 Å². The third kappa shape index (κ3) is 5.47. The molecule has 0 saturated heterocycles. The van der Waals surface area contributed by atoms with Crippen molar-refractivity contribution in [1.82, 2.24) is 19.7 Å². The predicted molar refractivity (Wildman–Crippen MR) is 132 cm³/mol. The largest absolute Gasteiger partial charge is 0.335 e. The summed E-state index contributed by atoms with van der Waals surface area (Å²) >= 11 is 3.09. The number of hydrogen-bond donors (Lipinski definition) is 0. The van der Waals surface area contributed by atoms with Gasteiger partial charge in [0.05, 0.1) is 17.2 Å². The molecule has 0 aliphatic rings. The lowest BCUT2D eigenvalue weighted by molar-refractivity contribution is -0.130. The van der Waals surface area contributed by atoms with Crippen LogP contribution in [0.3, 0.4) is 0 Å². The molecule has 0 spiro atoms. The van der Waals surface area contributed by atoms with E-state index < -0.39 is 0 Å². The fourth-order valence-corrected chi connectivity index (χ4v) is 4.98. The van der Waals surface area contributed by atoms with Gasteiger partial charge < -0.3 is 4.90 Å². The lowest BCUT2D eigenvalue weighted by Crippen LogP contribution is -2.37. The van der Waals surface area contributed by atoms with E-state index in [1.165, 1.54) is 17.3 Å². The van der Waals surface area contributed by atoms with Crippen molar-refractivity contribution in [2.24, 2.45) is 0 Å². The molecule has 2 heterocycles. The van der Waals surface area contributed by atoms with E-state index in [4.69, 9.17) is 0 Å². The van der Waals surface area contributed by atoms with Gasteiger partial charge in [0.2, 0.25) is 5.91 Å². The summed E-state index contributed by atoms with van der Waals surface area (Å²) in [6, 6.07) is 24.6. The topological polar surface area (TPSA) is 51.0 Å². The summed E-state index contributed by atoms with van der Waals surface area (Å²) in [4.78, 5) is 16.1. The molecule has 0 aliphatic heterocycles. The highest BCUT2D eigenvalue weighted by Crippen LogP contribution is 2.28. The lowest BCUT2D eigenvalue weighted by Gasteiger charge is -2.26. The monoisotopic (exact) mass is 462 g/mol. The van der Waals surface area contributed by atoms with E-state index >= 15 is 0 Å². The van der Waals surface area contributed by atoms with Crippen molar-refractivity contribution >= 4 is 29.0 Å². The number of aromatic nitrogens is 3. The number of thioether (sulfide) groups is 1. The second-order valence-electron chi connectivity index (χ2n) is 7.74. The molecule has 0 aliphatic carbocycles. The van der Waals surface area contributed by atoms with Crippen LogP contribution in [-0.2, 0) is 17.9 Å². The van der Waals surface area contributed by atoms with Gasteiger partial charge in [-0.05, 0) is 36.4 Å². The van der Waals surface area contributed by atoms with Crippen molar-refractivity contribution in [2.75, 3.05) is 5.75 Å². The Bertz CT molecular complexity index is 1130. The van der Waals surface area contributed by atoms with Crippen LogP contribution in [-0.4, -0.2) is 37.4 Å². The normalized spacial score (nSPS) is 11.1. The van der Waals surface area contributed by atoms with Crippen LogP contribution in [0.4, 0.5) is 0 Å². The van der Waals surface area contributed by atoms with Gasteiger partial charge in [-0.25, -0.2) is 0 Å². The molecular formula is C25H26N4OS2. The van der Waals surface area contributed by atoms with Gasteiger partial charge in [0.1, 0.15) is 0 Å². The fraction of sp³-hybridized carbons (Fsp3) is 0.240. The first kappa shape index (κ1) is 22.3. The van der Waals surface area contributed by atoms with Crippen LogP contribution in [0.25, 0.3) is 10.7 Å². The van der Waals surface area contributed by atoms with Crippen LogP contribution in [0.1, 0.15) is 25.0 Å². The molecule has 164 valence electrons. The second-order valence-corrected chi connectivity index (χ2v) is 9.64. The molecule has 0 N–H and O–H groups in total. The molecule has 32 heavy (non-hydrogen) atoms. The summed E-state index contributed by atoms with van der Waals surface area (Å²) in [6.07, 6.45) is 0. The molecular weight excluding hydrogens is 436 g/mol. The van der Waals surface area contributed by atoms with Crippen molar-refractivity contribution in [3.8, 4) is 10.7 Å². The van der Waals surface area contributed by atoms with E-state index in [2.05, 4.69) is 58.9 Å². The first-order valence-corrected chi connectivity index (χ1v) is 12.5. The Morgan fingerprint density at radius 1 is 0.969 bits per heavy atom. The minimum absolute atomic E-state index is 0.0980. The third-order valence-corrected chi connectivity index (χ3v) is 6.92. The molecule has 0 saturated carbocycles. The van der Waals surface area contributed by atoms with Crippen LogP contribution in [0.15, 0.2) is 83.3 Å². The molecule has 4 rings (SSSR count). The highest BCUT2D eigenvalue weighted by Gasteiger charge is 2.21. The SMILES string of the molecule is CC(C)N(Cc1ccccc1)C(=O)CSc1nnc(-c2cccs2)n1Cc1ccccc1. The minimum Gasteiger partial charge on any atom is -0.335 e. The summed E-state index contributed by atoms with van der Waals surface area (Å²) in [7, 11) is 0. The molecule has 0 fully saturated rings. The highest BCUT2D eigenvalue weighted by molar-refractivity contribution is 7.99. The minimum atomic E-state index is 0.0980. The maximum absolute atomic E-state index is 13.1. The van der Waals surface area contributed by atoms with E-state index in [-0.39, 0.29) is 11.9 Å². The molecule has 1 amide bonds. The van der Waals surface area contributed by atoms with Crippen molar-refractivity contribution in [2.45, 2.75) is 38.1 Å². The van der Waals surface area contributed by atoms with Gasteiger partial charge in [0.25, 0.3) is 0 Å². The predicted octanol–water partition coefficient (Wildman–Crippen LogP) is 5.58. The van der Waals surface area contributed by atoms with Crippen LogP contribution in [0.2, 0.25) is 0 Å². The Labute approximate surface area is 197 Å². The Kier molecular flexibility index (Phi) is 7.39. The first-order valence-electron chi connectivity index (χ1n) is 10.6. The Balaban J connectivity index is 1.52. The Hall–Kier alpha value is -2.90. The average molecular weight is 463 g/mol. The molecule has 4 aromatic rings. The summed E-state index contributed by atoms with van der Waals surface area (Å²) < 4.78 is 2.11. The number of benzene rings is 2. The smallest absolute Gasteiger partial charge is 0.233 e. The van der Waals surface area contributed by atoms with Crippen LogP contribution in [0.5, 0.6) is 0 Å². The lowest BCUT2D eigenvalue weighted by atomic mass is 10.2.